The highest BCUT2D eigenvalue weighted by molar-refractivity contribution is 7.89. The number of carboxylic acids is 2. The molecule has 0 atom stereocenters. The van der Waals surface area contributed by atoms with E-state index in [1.165, 1.54) is 34.9 Å². The lowest BCUT2D eigenvalue weighted by Crippen LogP contribution is -2.28. The van der Waals surface area contributed by atoms with E-state index in [4.69, 9.17) is 15.0 Å². The van der Waals surface area contributed by atoms with Gasteiger partial charge in [-0.2, -0.15) is 17.5 Å². The third kappa shape index (κ3) is 6.76. The number of alkyl halides is 3. The van der Waals surface area contributed by atoms with Gasteiger partial charge >= 0.3 is 18.1 Å². The Kier molecular flexibility index (Phi) is 8.16. The first-order valence-corrected chi connectivity index (χ1v) is 10.7. The Morgan fingerprint density at radius 1 is 1.15 bits per heavy atom. The van der Waals surface area contributed by atoms with E-state index >= 15 is 0 Å². The Bertz CT molecular complexity index is 1130. The number of carbonyl (C=O) groups is 3. The van der Waals surface area contributed by atoms with Crippen molar-refractivity contribution in [2.45, 2.75) is 30.5 Å². The molecule has 1 saturated heterocycles. The summed E-state index contributed by atoms with van der Waals surface area (Å²) in [5.74, 6) is -4.46. The zero-order valence-electron chi connectivity index (χ0n) is 16.8. The number of aromatic amines is 1. The smallest absolute Gasteiger partial charge is 0.476 e. The van der Waals surface area contributed by atoms with E-state index in [9.17, 15) is 31.2 Å². The lowest BCUT2D eigenvalue weighted by molar-refractivity contribution is -0.192. The molecule has 1 aliphatic heterocycles. The molecule has 33 heavy (non-hydrogen) atoms. The van der Waals surface area contributed by atoms with E-state index < -0.39 is 34.0 Å². The fourth-order valence-corrected chi connectivity index (χ4v) is 4.35. The largest absolute Gasteiger partial charge is 0.490 e. The Morgan fingerprint density at radius 2 is 1.76 bits per heavy atom. The number of carbonyl (C=O) groups excluding carboxylic acids is 1. The van der Waals surface area contributed by atoms with Gasteiger partial charge in [-0.15, -0.1) is 0 Å². The molecule has 0 spiro atoms. The van der Waals surface area contributed by atoms with Crippen molar-refractivity contribution in [2.24, 2.45) is 0 Å². The van der Waals surface area contributed by atoms with Gasteiger partial charge in [-0.3, -0.25) is 4.79 Å². The fraction of sp³-hybridized carbons (Fsp3) is 0.333. The number of nitrogens with zero attached hydrogens (tertiary/aromatic N) is 2. The Hall–Kier alpha value is -3.46. The molecule has 2 aromatic rings. The van der Waals surface area contributed by atoms with Crippen LogP contribution in [0, 0.1) is 0 Å². The van der Waals surface area contributed by atoms with Gasteiger partial charge in [-0.05, 0) is 31.0 Å². The number of halogens is 3. The summed E-state index contributed by atoms with van der Waals surface area (Å²) in [5, 5.41) is 18.7. The van der Waals surface area contributed by atoms with Crippen LogP contribution in [0.15, 0.2) is 35.5 Å². The van der Waals surface area contributed by atoms with Crippen molar-refractivity contribution in [1.29, 1.82) is 0 Å². The van der Waals surface area contributed by atoms with Crippen LogP contribution in [0.3, 0.4) is 0 Å². The zero-order chi connectivity index (χ0) is 24.8. The molecule has 4 N–H and O–H groups in total. The molecule has 3 rings (SSSR count). The van der Waals surface area contributed by atoms with E-state index in [0.29, 0.717) is 13.1 Å². The van der Waals surface area contributed by atoms with Crippen molar-refractivity contribution in [1.82, 2.24) is 19.6 Å². The molecule has 1 fully saturated rings. The molecule has 11 nitrogen and oxygen atoms in total. The molecule has 1 aromatic heterocycles. The predicted octanol–water partition coefficient (Wildman–Crippen LogP) is 1.46. The number of sulfonamides is 1. The second-order valence-corrected chi connectivity index (χ2v) is 8.60. The Labute approximate surface area is 185 Å². The Balaban J connectivity index is 0.000000479. The number of aromatic carboxylic acids is 1. The van der Waals surface area contributed by atoms with Crippen LogP contribution in [-0.4, -0.2) is 70.0 Å². The molecule has 15 heteroatoms. The summed E-state index contributed by atoms with van der Waals surface area (Å²) in [5.41, 5.74) is 0.268. The SMILES string of the molecule is O=C(NCc1[nH]cnc1C(=O)O)c1cccc(S(=O)(=O)N2CCCC2)c1.O=C(O)C(F)(F)F. The maximum absolute atomic E-state index is 12.6. The molecule has 0 radical (unpaired) electrons. The summed E-state index contributed by atoms with van der Waals surface area (Å²) < 4.78 is 58.3. The average Bonchev–Trinajstić information content (AvgIpc) is 3.44. The minimum absolute atomic E-state index is 0.0659. The summed E-state index contributed by atoms with van der Waals surface area (Å²) >= 11 is 0. The van der Waals surface area contributed by atoms with Crippen molar-refractivity contribution in [2.75, 3.05) is 13.1 Å². The number of hydrogen-bond donors (Lipinski definition) is 4. The van der Waals surface area contributed by atoms with Crippen LogP contribution in [0.5, 0.6) is 0 Å². The maximum Gasteiger partial charge on any atom is 0.490 e. The fourth-order valence-electron chi connectivity index (χ4n) is 2.79. The van der Waals surface area contributed by atoms with Crippen molar-refractivity contribution >= 4 is 27.9 Å². The van der Waals surface area contributed by atoms with Gasteiger partial charge in [0.25, 0.3) is 5.91 Å². The van der Waals surface area contributed by atoms with E-state index in [0.717, 1.165) is 12.8 Å². The van der Waals surface area contributed by atoms with Crippen LogP contribution in [0.4, 0.5) is 13.2 Å². The minimum Gasteiger partial charge on any atom is -0.476 e. The first kappa shape index (κ1) is 25.8. The maximum atomic E-state index is 12.6. The monoisotopic (exact) mass is 492 g/mol. The zero-order valence-corrected chi connectivity index (χ0v) is 17.6. The lowest BCUT2D eigenvalue weighted by Gasteiger charge is -2.16. The van der Waals surface area contributed by atoms with E-state index in [-0.39, 0.29) is 28.4 Å². The van der Waals surface area contributed by atoms with Crippen molar-refractivity contribution < 1.29 is 46.2 Å². The molecular weight excluding hydrogens is 473 g/mol. The van der Waals surface area contributed by atoms with Crippen molar-refractivity contribution in [3.8, 4) is 0 Å². The van der Waals surface area contributed by atoms with Gasteiger partial charge in [-0.25, -0.2) is 23.0 Å². The summed E-state index contributed by atoms with van der Waals surface area (Å²) in [7, 11) is -3.61. The molecule has 0 bridgehead atoms. The summed E-state index contributed by atoms with van der Waals surface area (Å²) in [6.07, 6.45) is -2.20. The van der Waals surface area contributed by atoms with Gasteiger partial charge in [0.2, 0.25) is 10.0 Å². The number of benzene rings is 1. The highest BCUT2D eigenvalue weighted by Gasteiger charge is 2.38. The van der Waals surface area contributed by atoms with Gasteiger partial charge < -0.3 is 20.5 Å². The second kappa shape index (κ2) is 10.4. The third-order valence-electron chi connectivity index (χ3n) is 4.39. The number of nitrogens with one attached hydrogen (secondary N) is 2. The first-order valence-electron chi connectivity index (χ1n) is 9.28. The number of amides is 1. The number of rotatable bonds is 6. The standard InChI is InChI=1S/C16H18N4O5S.C2HF3O2/c21-15(17-9-13-14(16(22)23)19-10-18-13)11-4-3-5-12(8-11)26(24,25)20-6-1-2-7-20;3-2(4,5)1(6)7/h3-5,8,10H,1-2,6-7,9H2,(H,17,21)(H,18,19)(H,22,23);(H,6,7). The van der Waals surface area contributed by atoms with Crippen LogP contribution in [0.25, 0.3) is 0 Å². The lowest BCUT2D eigenvalue weighted by atomic mass is 10.2. The summed E-state index contributed by atoms with van der Waals surface area (Å²) in [4.78, 5) is 38.6. The number of H-pyrrole nitrogens is 1. The van der Waals surface area contributed by atoms with Crippen molar-refractivity contribution in [3.05, 3.63) is 47.5 Å². The van der Waals surface area contributed by atoms with Crippen LogP contribution in [0.2, 0.25) is 0 Å². The molecular formula is C18H19F3N4O7S. The number of aromatic nitrogens is 2. The molecule has 180 valence electrons. The van der Waals surface area contributed by atoms with Gasteiger partial charge in [0.05, 0.1) is 23.5 Å². The van der Waals surface area contributed by atoms with E-state index in [2.05, 4.69) is 15.3 Å². The van der Waals surface area contributed by atoms with Crippen LogP contribution in [-0.2, 0) is 21.4 Å². The number of hydrogen-bond acceptors (Lipinski definition) is 6. The van der Waals surface area contributed by atoms with Gasteiger partial charge in [-0.1, -0.05) is 6.07 Å². The van der Waals surface area contributed by atoms with Gasteiger partial charge in [0.1, 0.15) is 0 Å². The normalized spacial score (nSPS) is 14.3. The van der Waals surface area contributed by atoms with E-state index in [1.54, 1.807) is 0 Å². The molecule has 1 aliphatic rings. The van der Waals surface area contributed by atoms with Crippen LogP contribution in [0.1, 0.15) is 39.4 Å². The number of aliphatic carboxylic acids is 1. The van der Waals surface area contributed by atoms with E-state index in [1.807, 2.05) is 0 Å². The highest BCUT2D eigenvalue weighted by Crippen LogP contribution is 2.21. The van der Waals surface area contributed by atoms with Gasteiger partial charge in [0, 0.05) is 18.7 Å². The van der Waals surface area contributed by atoms with Crippen LogP contribution < -0.4 is 5.32 Å². The summed E-state index contributed by atoms with van der Waals surface area (Å²) in [6, 6.07) is 5.80. The molecule has 1 aromatic carbocycles. The number of imidazole rings is 1. The third-order valence-corrected chi connectivity index (χ3v) is 6.28. The summed E-state index contributed by atoms with van der Waals surface area (Å²) in [6.45, 7) is 0.899. The molecule has 2 heterocycles. The number of carboxylic acid groups (broad SMARTS) is 2. The topological polar surface area (TPSA) is 170 Å². The molecule has 0 unspecified atom stereocenters. The van der Waals surface area contributed by atoms with Crippen molar-refractivity contribution in [3.63, 3.8) is 0 Å². The van der Waals surface area contributed by atoms with Gasteiger partial charge in [0.15, 0.2) is 5.69 Å². The Morgan fingerprint density at radius 3 is 2.30 bits per heavy atom. The minimum atomic E-state index is -5.08. The van der Waals surface area contributed by atoms with Crippen LogP contribution >= 0.6 is 0 Å². The molecule has 0 saturated carbocycles. The first-order chi connectivity index (χ1) is 15.3. The second-order valence-electron chi connectivity index (χ2n) is 6.66. The predicted molar refractivity (Wildman–Crippen MR) is 105 cm³/mol. The average molecular weight is 492 g/mol. The molecule has 0 aliphatic carbocycles. The highest BCUT2D eigenvalue weighted by atomic mass is 32.2. The quantitative estimate of drug-likeness (QED) is 0.470. The molecule has 1 amide bonds.